The summed E-state index contributed by atoms with van der Waals surface area (Å²) in [5.41, 5.74) is -1.76. The van der Waals surface area contributed by atoms with E-state index in [0.717, 1.165) is 18.2 Å². The van der Waals surface area contributed by atoms with Crippen molar-refractivity contribution in [3.8, 4) is 0 Å². The van der Waals surface area contributed by atoms with E-state index in [-0.39, 0.29) is 0 Å². The molecule has 6 heteroatoms. The number of hydrogen-bond donors (Lipinski definition) is 1. The molecule has 0 radical (unpaired) electrons. The number of rotatable bonds is 2. The number of benzene rings is 1. The smallest absolute Gasteiger partial charge is 0.478 e. The van der Waals surface area contributed by atoms with Gasteiger partial charge in [-0.15, -0.1) is 0 Å². The van der Waals surface area contributed by atoms with E-state index in [2.05, 4.69) is 0 Å². The summed E-state index contributed by atoms with van der Waals surface area (Å²) in [5, 5.41) is 8.44. The zero-order valence-corrected chi connectivity index (χ0v) is 6.38. The van der Waals surface area contributed by atoms with Gasteiger partial charge in [0.1, 0.15) is 0 Å². The lowest BCUT2D eigenvalue weighted by molar-refractivity contribution is 0.0697. The summed E-state index contributed by atoms with van der Waals surface area (Å²) < 4.78 is 36.6. The second kappa shape index (κ2) is 3.12. The molecule has 2 nitrogen and oxygen atoms in total. The van der Waals surface area contributed by atoms with Crippen LogP contribution in [0.5, 0.6) is 0 Å². The summed E-state index contributed by atoms with van der Waals surface area (Å²) >= 11 is 0. The molecule has 1 rings (SSSR count). The number of aromatic carboxylic acids is 1. The van der Waals surface area contributed by atoms with Crippen LogP contribution in [0.4, 0.5) is 12.9 Å². The van der Waals surface area contributed by atoms with Crippen molar-refractivity contribution in [1.82, 2.24) is 0 Å². The molecule has 0 heterocycles. The van der Waals surface area contributed by atoms with Crippen molar-refractivity contribution in [2.24, 2.45) is 0 Å². The van der Waals surface area contributed by atoms with E-state index < -0.39 is 24.0 Å². The van der Waals surface area contributed by atoms with Gasteiger partial charge in [-0.2, -0.15) is 0 Å². The van der Waals surface area contributed by atoms with Gasteiger partial charge < -0.3 is 18.1 Å². The molecule has 0 spiro atoms. The fourth-order valence-electron chi connectivity index (χ4n) is 0.977. The molecule has 13 heavy (non-hydrogen) atoms. The highest BCUT2D eigenvalue weighted by molar-refractivity contribution is 6.74. The Morgan fingerprint density at radius 1 is 1.23 bits per heavy atom. The molecule has 0 aliphatic rings. The molecule has 0 aromatic heterocycles. The zero-order chi connectivity index (χ0) is 10.1. The highest BCUT2D eigenvalue weighted by atomic mass is 19.4. The first-order valence-corrected chi connectivity index (χ1v) is 3.45. The van der Waals surface area contributed by atoms with E-state index in [1.165, 1.54) is 6.07 Å². The fraction of sp³-hybridized carbons (Fsp3) is 0. The summed E-state index contributed by atoms with van der Waals surface area (Å²) in [6.45, 7) is -5.25. The molecule has 0 fully saturated rings. The molecule has 0 bridgehead atoms. The lowest BCUT2D eigenvalue weighted by atomic mass is 9.77. The lowest BCUT2D eigenvalue weighted by Gasteiger charge is -2.16. The average molecular weight is 189 g/mol. The molecular formula is C7H5BF3O2-. The topological polar surface area (TPSA) is 37.3 Å². The van der Waals surface area contributed by atoms with Gasteiger partial charge >= 0.3 is 12.9 Å². The van der Waals surface area contributed by atoms with Crippen molar-refractivity contribution < 1.29 is 22.8 Å². The third-order valence-corrected chi connectivity index (χ3v) is 1.54. The Labute approximate surface area is 72.1 Å². The molecule has 0 saturated heterocycles. The van der Waals surface area contributed by atoms with Crippen molar-refractivity contribution in [2.75, 3.05) is 0 Å². The first-order valence-electron chi connectivity index (χ1n) is 3.45. The highest BCUT2D eigenvalue weighted by Gasteiger charge is 2.29. The van der Waals surface area contributed by atoms with E-state index in [9.17, 15) is 17.7 Å². The molecule has 1 N–H and O–H groups in total. The maximum Gasteiger partial charge on any atom is 0.510 e. The number of hydrogen-bond acceptors (Lipinski definition) is 1. The molecular weight excluding hydrogens is 184 g/mol. The van der Waals surface area contributed by atoms with Crippen LogP contribution in [-0.4, -0.2) is 18.1 Å². The molecule has 1 aromatic rings. The standard InChI is InChI=1S/C7H5BF3O2/c9-8(10,11)6-4-2-1-3-5(6)7(12)13/h1-4H,(H,12,13)/q-1. The Hall–Kier alpha value is -1.46. The van der Waals surface area contributed by atoms with E-state index in [4.69, 9.17) is 5.11 Å². The highest BCUT2D eigenvalue weighted by Crippen LogP contribution is 2.11. The van der Waals surface area contributed by atoms with Crippen LogP contribution in [0, 0.1) is 0 Å². The molecule has 1 aromatic carbocycles. The van der Waals surface area contributed by atoms with Crippen LogP contribution in [0.15, 0.2) is 24.3 Å². The van der Waals surface area contributed by atoms with Gasteiger partial charge in [-0.1, -0.05) is 29.7 Å². The van der Waals surface area contributed by atoms with Crippen LogP contribution in [0.1, 0.15) is 10.4 Å². The van der Waals surface area contributed by atoms with Gasteiger partial charge in [0.2, 0.25) is 0 Å². The van der Waals surface area contributed by atoms with Crippen LogP contribution in [0.2, 0.25) is 0 Å². The van der Waals surface area contributed by atoms with Gasteiger partial charge in [-0.3, -0.25) is 0 Å². The monoisotopic (exact) mass is 189 g/mol. The SMILES string of the molecule is O=C(O)c1ccccc1[B-](F)(F)F. The summed E-state index contributed by atoms with van der Waals surface area (Å²) in [6, 6.07) is 4.13. The Bertz CT molecular complexity index is 335. The first-order chi connectivity index (χ1) is 5.93. The summed E-state index contributed by atoms with van der Waals surface area (Å²) in [4.78, 5) is 10.4. The van der Waals surface area contributed by atoms with Crippen molar-refractivity contribution in [3.63, 3.8) is 0 Å². The van der Waals surface area contributed by atoms with E-state index in [0.29, 0.717) is 0 Å². The molecule has 70 valence electrons. The maximum atomic E-state index is 12.2. The van der Waals surface area contributed by atoms with E-state index >= 15 is 0 Å². The van der Waals surface area contributed by atoms with Crippen molar-refractivity contribution in [2.45, 2.75) is 0 Å². The second-order valence-electron chi connectivity index (χ2n) is 2.47. The Morgan fingerprint density at radius 3 is 2.15 bits per heavy atom. The summed E-state index contributed by atoms with van der Waals surface area (Å²) in [6.07, 6.45) is 0. The fourth-order valence-corrected chi connectivity index (χ4v) is 0.977. The van der Waals surface area contributed by atoms with Gasteiger partial charge in [0, 0.05) is 5.56 Å². The lowest BCUT2D eigenvalue weighted by Crippen LogP contribution is -2.38. The number of carboxylic acids is 1. The summed E-state index contributed by atoms with van der Waals surface area (Å²) in [7, 11) is 0. The number of halogens is 3. The van der Waals surface area contributed by atoms with E-state index in [1.54, 1.807) is 0 Å². The Balaban J connectivity index is 3.28. The predicted octanol–water partition coefficient (Wildman–Crippen LogP) is 1.44. The van der Waals surface area contributed by atoms with Crippen LogP contribution in [0.25, 0.3) is 0 Å². The largest absolute Gasteiger partial charge is 0.510 e. The van der Waals surface area contributed by atoms with Gasteiger partial charge in [0.25, 0.3) is 0 Å². The van der Waals surface area contributed by atoms with Crippen molar-refractivity contribution >= 4 is 18.4 Å². The summed E-state index contributed by atoms with van der Waals surface area (Å²) in [5.74, 6) is -1.56. The van der Waals surface area contributed by atoms with Crippen LogP contribution < -0.4 is 5.46 Å². The minimum Gasteiger partial charge on any atom is -0.478 e. The predicted molar refractivity (Wildman–Crippen MR) is 42.1 cm³/mol. The minimum absolute atomic E-state index is 0.699. The van der Waals surface area contributed by atoms with Crippen LogP contribution >= 0.6 is 0 Å². The molecule has 0 unspecified atom stereocenters. The van der Waals surface area contributed by atoms with Gasteiger partial charge in [0.05, 0.1) is 0 Å². The molecule has 0 aliphatic heterocycles. The number of carbonyl (C=O) groups is 1. The van der Waals surface area contributed by atoms with Gasteiger partial charge in [-0.05, 0) is 0 Å². The quantitative estimate of drug-likeness (QED) is 0.714. The average Bonchev–Trinajstić information content (AvgIpc) is 2.03. The maximum absolute atomic E-state index is 12.2. The van der Waals surface area contributed by atoms with Crippen molar-refractivity contribution in [3.05, 3.63) is 29.8 Å². The van der Waals surface area contributed by atoms with Crippen LogP contribution in [0.3, 0.4) is 0 Å². The third kappa shape index (κ3) is 2.02. The minimum atomic E-state index is -5.25. The van der Waals surface area contributed by atoms with Crippen molar-refractivity contribution in [1.29, 1.82) is 0 Å². The second-order valence-corrected chi connectivity index (χ2v) is 2.47. The number of carboxylic acid groups (broad SMARTS) is 1. The molecule has 0 atom stereocenters. The third-order valence-electron chi connectivity index (χ3n) is 1.54. The van der Waals surface area contributed by atoms with Gasteiger partial charge in [-0.25, -0.2) is 4.79 Å². The normalized spacial score (nSPS) is 11.3. The van der Waals surface area contributed by atoms with E-state index in [1.807, 2.05) is 0 Å². The molecule has 0 amide bonds. The van der Waals surface area contributed by atoms with Crippen LogP contribution in [-0.2, 0) is 0 Å². The molecule has 0 aliphatic carbocycles. The Kier molecular flexibility index (Phi) is 2.31. The first kappa shape index (κ1) is 9.63. The van der Waals surface area contributed by atoms with Gasteiger partial charge in [0.15, 0.2) is 0 Å². The zero-order valence-electron chi connectivity index (χ0n) is 6.38. The Morgan fingerprint density at radius 2 is 1.77 bits per heavy atom. The molecule has 0 saturated carbocycles.